The Morgan fingerprint density at radius 1 is 1.35 bits per heavy atom. The molecular weight excluding hydrogens is 214 g/mol. The first-order valence-corrected chi connectivity index (χ1v) is 6.07. The zero-order valence-electron chi connectivity index (χ0n) is 10.6. The normalized spacial score (nSPS) is 12.9. The Hall–Kier alpha value is -1.48. The fourth-order valence-corrected chi connectivity index (χ4v) is 2.24. The van der Waals surface area contributed by atoms with Gasteiger partial charge in [-0.25, -0.2) is 0 Å². The largest absolute Gasteiger partial charge is 0.497 e. The lowest BCUT2D eigenvalue weighted by atomic mass is 10.0. The van der Waals surface area contributed by atoms with E-state index in [0.717, 1.165) is 40.8 Å². The maximum atomic E-state index is 10.1. The van der Waals surface area contributed by atoms with Gasteiger partial charge in [-0.15, -0.1) is 0 Å². The van der Waals surface area contributed by atoms with Crippen LogP contribution in [0.2, 0.25) is 0 Å². The SMILES string of the molecule is CCc1[nH]c2ccc(OC)cc2c1C(O)CC. The first-order chi connectivity index (χ1) is 8.21. The average Bonchev–Trinajstić information content (AvgIpc) is 2.74. The molecule has 0 fully saturated rings. The highest BCUT2D eigenvalue weighted by atomic mass is 16.5. The Kier molecular flexibility index (Phi) is 3.38. The number of hydrogen-bond donors (Lipinski definition) is 2. The molecule has 0 aliphatic carbocycles. The van der Waals surface area contributed by atoms with E-state index in [4.69, 9.17) is 4.74 Å². The third kappa shape index (κ3) is 2.03. The molecule has 0 radical (unpaired) electrons. The van der Waals surface area contributed by atoms with Crippen molar-refractivity contribution >= 4 is 10.9 Å². The number of ether oxygens (including phenoxy) is 1. The summed E-state index contributed by atoms with van der Waals surface area (Å²) in [5, 5.41) is 11.2. The Balaban J connectivity index is 2.66. The zero-order chi connectivity index (χ0) is 12.4. The van der Waals surface area contributed by atoms with Crippen LogP contribution in [0, 0.1) is 0 Å². The van der Waals surface area contributed by atoms with Crippen molar-refractivity contribution in [1.82, 2.24) is 4.98 Å². The van der Waals surface area contributed by atoms with Crippen molar-refractivity contribution in [2.24, 2.45) is 0 Å². The highest BCUT2D eigenvalue weighted by Gasteiger charge is 2.16. The topological polar surface area (TPSA) is 45.2 Å². The molecule has 1 aromatic carbocycles. The van der Waals surface area contributed by atoms with E-state index in [1.54, 1.807) is 7.11 Å². The van der Waals surface area contributed by atoms with Crippen LogP contribution in [-0.2, 0) is 6.42 Å². The molecule has 17 heavy (non-hydrogen) atoms. The Morgan fingerprint density at radius 2 is 2.12 bits per heavy atom. The number of aromatic nitrogens is 1. The molecule has 0 saturated heterocycles. The minimum atomic E-state index is -0.411. The van der Waals surface area contributed by atoms with E-state index in [-0.39, 0.29) is 0 Å². The number of benzene rings is 1. The van der Waals surface area contributed by atoms with Crippen LogP contribution < -0.4 is 4.74 Å². The maximum Gasteiger partial charge on any atom is 0.119 e. The van der Waals surface area contributed by atoms with Crippen molar-refractivity contribution in [2.75, 3.05) is 7.11 Å². The Morgan fingerprint density at radius 3 is 2.71 bits per heavy atom. The van der Waals surface area contributed by atoms with Crippen LogP contribution >= 0.6 is 0 Å². The van der Waals surface area contributed by atoms with E-state index in [2.05, 4.69) is 11.9 Å². The monoisotopic (exact) mass is 233 g/mol. The van der Waals surface area contributed by atoms with Crippen LogP contribution in [0.1, 0.15) is 37.6 Å². The van der Waals surface area contributed by atoms with Gasteiger partial charge in [-0.1, -0.05) is 13.8 Å². The average molecular weight is 233 g/mol. The summed E-state index contributed by atoms with van der Waals surface area (Å²) in [6, 6.07) is 5.92. The molecule has 3 heteroatoms. The number of H-pyrrole nitrogens is 1. The number of aliphatic hydroxyl groups is 1. The van der Waals surface area contributed by atoms with Crippen LogP contribution in [0.5, 0.6) is 5.75 Å². The molecule has 2 aromatic rings. The summed E-state index contributed by atoms with van der Waals surface area (Å²) in [6.45, 7) is 4.08. The third-order valence-electron chi connectivity index (χ3n) is 3.20. The van der Waals surface area contributed by atoms with Gasteiger partial charge in [0.05, 0.1) is 13.2 Å². The lowest BCUT2D eigenvalue weighted by Crippen LogP contribution is -1.98. The summed E-state index contributed by atoms with van der Waals surface area (Å²) in [5.74, 6) is 0.823. The molecule has 0 saturated carbocycles. The summed E-state index contributed by atoms with van der Waals surface area (Å²) in [4.78, 5) is 3.36. The quantitative estimate of drug-likeness (QED) is 0.852. The Bertz CT molecular complexity index is 516. The minimum absolute atomic E-state index is 0.411. The van der Waals surface area contributed by atoms with Gasteiger partial charge in [0.2, 0.25) is 0 Å². The van der Waals surface area contributed by atoms with Crippen molar-refractivity contribution in [3.05, 3.63) is 29.5 Å². The highest BCUT2D eigenvalue weighted by molar-refractivity contribution is 5.86. The molecule has 92 valence electrons. The molecule has 1 heterocycles. The fraction of sp³-hybridized carbons (Fsp3) is 0.429. The van der Waals surface area contributed by atoms with Crippen LogP contribution in [0.4, 0.5) is 0 Å². The van der Waals surface area contributed by atoms with Gasteiger partial charge >= 0.3 is 0 Å². The van der Waals surface area contributed by atoms with Crippen molar-refractivity contribution < 1.29 is 9.84 Å². The molecule has 2 rings (SSSR count). The summed E-state index contributed by atoms with van der Waals surface area (Å²) in [5.41, 5.74) is 3.19. The molecule has 0 bridgehead atoms. The second-order valence-corrected chi connectivity index (χ2v) is 4.21. The van der Waals surface area contributed by atoms with Gasteiger partial charge < -0.3 is 14.8 Å². The van der Waals surface area contributed by atoms with Crippen LogP contribution in [0.3, 0.4) is 0 Å². The van der Waals surface area contributed by atoms with Gasteiger partial charge in [0.25, 0.3) is 0 Å². The van der Waals surface area contributed by atoms with Crippen molar-refractivity contribution in [1.29, 1.82) is 0 Å². The number of aryl methyl sites for hydroxylation is 1. The van der Waals surface area contributed by atoms with Crippen LogP contribution in [0.25, 0.3) is 10.9 Å². The second-order valence-electron chi connectivity index (χ2n) is 4.21. The molecule has 1 unspecified atom stereocenters. The van der Waals surface area contributed by atoms with E-state index in [0.29, 0.717) is 0 Å². The standard InChI is InChI=1S/C14H19NO2/c1-4-11-14(13(16)5-2)10-8-9(17-3)6-7-12(10)15-11/h6-8,13,15-16H,4-5H2,1-3H3. The molecule has 0 amide bonds. The molecule has 0 aliphatic heterocycles. The van der Waals surface area contributed by atoms with E-state index < -0.39 is 6.10 Å². The molecule has 0 aliphatic rings. The van der Waals surface area contributed by atoms with Crippen molar-refractivity contribution in [2.45, 2.75) is 32.8 Å². The van der Waals surface area contributed by atoms with Gasteiger partial charge in [-0.2, -0.15) is 0 Å². The minimum Gasteiger partial charge on any atom is -0.497 e. The number of nitrogens with one attached hydrogen (secondary N) is 1. The number of rotatable bonds is 4. The van der Waals surface area contributed by atoms with Crippen LogP contribution in [-0.4, -0.2) is 17.2 Å². The summed E-state index contributed by atoms with van der Waals surface area (Å²) in [7, 11) is 1.66. The molecule has 3 nitrogen and oxygen atoms in total. The first kappa shape index (κ1) is 12.0. The smallest absolute Gasteiger partial charge is 0.119 e. The summed E-state index contributed by atoms with van der Waals surface area (Å²) < 4.78 is 5.24. The molecule has 0 spiro atoms. The van der Waals surface area contributed by atoms with Gasteiger partial charge in [0, 0.05) is 22.2 Å². The van der Waals surface area contributed by atoms with Gasteiger partial charge in [0.15, 0.2) is 0 Å². The van der Waals surface area contributed by atoms with E-state index in [9.17, 15) is 5.11 Å². The maximum absolute atomic E-state index is 10.1. The Labute approximate surface area is 101 Å². The molecular formula is C14H19NO2. The number of fused-ring (bicyclic) bond motifs is 1. The fourth-order valence-electron chi connectivity index (χ4n) is 2.24. The van der Waals surface area contributed by atoms with Crippen molar-refractivity contribution in [3.8, 4) is 5.75 Å². The number of aromatic amines is 1. The summed E-state index contributed by atoms with van der Waals surface area (Å²) >= 11 is 0. The predicted octanol–water partition coefficient (Wildman–Crippen LogP) is 3.18. The van der Waals surface area contributed by atoms with Crippen molar-refractivity contribution in [3.63, 3.8) is 0 Å². The van der Waals surface area contributed by atoms with E-state index >= 15 is 0 Å². The van der Waals surface area contributed by atoms with Gasteiger partial charge in [-0.05, 0) is 31.0 Å². The third-order valence-corrected chi connectivity index (χ3v) is 3.20. The predicted molar refractivity (Wildman–Crippen MR) is 69.5 cm³/mol. The highest BCUT2D eigenvalue weighted by Crippen LogP contribution is 2.32. The molecule has 2 N–H and O–H groups in total. The van der Waals surface area contributed by atoms with E-state index in [1.807, 2.05) is 25.1 Å². The van der Waals surface area contributed by atoms with E-state index in [1.165, 1.54) is 0 Å². The summed E-state index contributed by atoms with van der Waals surface area (Å²) in [6.07, 6.45) is 1.20. The van der Waals surface area contributed by atoms with Gasteiger partial charge in [-0.3, -0.25) is 0 Å². The molecule has 1 atom stereocenters. The molecule has 1 aromatic heterocycles. The second kappa shape index (κ2) is 4.80. The van der Waals surface area contributed by atoms with Crippen LogP contribution in [0.15, 0.2) is 18.2 Å². The lowest BCUT2D eigenvalue weighted by molar-refractivity contribution is 0.174. The number of hydrogen-bond acceptors (Lipinski definition) is 2. The first-order valence-electron chi connectivity index (χ1n) is 6.07. The zero-order valence-corrected chi connectivity index (χ0v) is 10.6. The number of methoxy groups -OCH3 is 1. The lowest BCUT2D eigenvalue weighted by Gasteiger charge is -2.09. The van der Waals surface area contributed by atoms with Gasteiger partial charge in [0.1, 0.15) is 5.75 Å². The number of aliphatic hydroxyl groups excluding tert-OH is 1.